The van der Waals surface area contributed by atoms with E-state index >= 15 is 0 Å². The van der Waals surface area contributed by atoms with E-state index in [-0.39, 0.29) is 24.3 Å². The number of aliphatic carboxylic acids is 1. The Bertz CT molecular complexity index is 787. The average Bonchev–Trinajstić information content (AvgIpc) is 2.94. The van der Waals surface area contributed by atoms with Crippen LogP contribution in [0, 0.1) is 0 Å². The molecule has 0 saturated carbocycles. The monoisotopic (exact) mass is 339 g/mol. The SMILES string of the molecule is C[C@H]1c2ccccc2O[C@H]1CNC(=O)c1ccccc1CCC(=O)O. The van der Waals surface area contributed by atoms with Crippen molar-refractivity contribution in [2.75, 3.05) is 6.54 Å². The molecule has 1 aliphatic heterocycles. The molecule has 3 rings (SSSR count). The summed E-state index contributed by atoms with van der Waals surface area (Å²) in [6.45, 7) is 2.49. The second-order valence-electron chi connectivity index (χ2n) is 6.24. The quantitative estimate of drug-likeness (QED) is 0.848. The molecule has 0 aromatic heterocycles. The Morgan fingerprint density at radius 3 is 2.60 bits per heavy atom. The van der Waals surface area contributed by atoms with Crippen LogP contribution in [0.4, 0.5) is 0 Å². The molecule has 0 aliphatic carbocycles. The minimum atomic E-state index is -0.874. The number of carboxylic acid groups (broad SMARTS) is 1. The van der Waals surface area contributed by atoms with E-state index < -0.39 is 5.97 Å². The van der Waals surface area contributed by atoms with Crippen LogP contribution in [-0.4, -0.2) is 29.6 Å². The number of benzene rings is 2. The first-order valence-electron chi connectivity index (χ1n) is 8.39. The molecule has 130 valence electrons. The molecule has 0 unspecified atom stereocenters. The number of carboxylic acids is 1. The summed E-state index contributed by atoms with van der Waals surface area (Å²) in [5, 5.41) is 11.8. The zero-order valence-electron chi connectivity index (χ0n) is 14.1. The van der Waals surface area contributed by atoms with Crippen molar-refractivity contribution in [3.63, 3.8) is 0 Å². The topological polar surface area (TPSA) is 75.6 Å². The number of amides is 1. The number of para-hydroxylation sites is 1. The summed E-state index contributed by atoms with van der Waals surface area (Å²) in [5.41, 5.74) is 2.42. The van der Waals surface area contributed by atoms with Gasteiger partial charge in [0.05, 0.1) is 6.54 Å². The summed E-state index contributed by atoms with van der Waals surface area (Å²) >= 11 is 0. The number of hydrogen-bond acceptors (Lipinski definition) is 3. The molecule has 1 heterocycles. The van der Waals surface area contributed by atoms with E-state index in [1.165, 1.54) is 0 Å². The van der Waals surface area contributed by atoms with Gasteiger partial charge in [0.25, 0.3) is 5.91 Å². The second-order valence-corrected chi connectivity index (χ2v) is 6.24. The zero-order valence-corrected chi connectivity index (χ0v) is 14.1. The third-order valence-electron chi connectivity index (χ3n) is 4.58. The molecule has 0 fully saturated rings. The van der Waals surface area contributed by atoms with Crippen molar-refractivity contribution in [1.82, 2.24) is 5.32 Å². The standard InChI is InChI=1S/C20H21NO4/c1-13-15-7-4-5-9-17(15)25-18(13)12-21-20(24)16-8-3-2-6-14(16)10-11-19(22)23/h2-9,13,18H,10-12H2,1H3,(H,21,24)(H,22,23)/t13-,18-/m0/s1. The van der Waals surface area contributed by atoms with Crippen molar-refractivity contribution >= 4 is 11.9 Å². The summed E-state index contributed by atoms with van der Waals surface area (Å²) < 4.78 is 5.92. The van der Waals surface area contributed by atoms with E-state index in [2.05, 4.69) is 12.2 Å². The first kappa shape index (κ1) is 17.0. The molecule has 2 aromatic rings. The highest BCUT2D eigenvalue weighted by Crippen LogP contribution is 2.37. The van der Waals surface area contributed by atoms with Crippen molar-refractivity contribution < 1.29 is 19.4 Å². The molecule has 5 heteroatoms. The van der Waals surface area contributed by atoms with Crippen molar-refractivity contribution in [3.8, 4) is 5.75 Å². The van der Waals surface area contributed by atoms with Gasteiger partial charge in [-0.15, -0.1) is 0 Å². The molecular formula is C20H21NO4. The lowest BCUT2D eigenvalue weighted by atomic mass is 9.97. The van der Waals surface area contributed by atoms with E-state index in [4.69, 9.17) is 9.84 Å². The summed E-state index contributed by atoms with van der Waals surface area (Å²) in [4.78, 5) is 23.3. The van der Waals surface area contributed by atoms with Gasteiger partial charge >= 0.3 is 5.97 Å². The van der Waals surface area contributed by atoms with E-state index in [1.54, 1.807) is 18.2 Å². The predicted molar refractivity (Wildman–Crippen MR) is 94.0 cm³/mol. The molecule has 0 bridgehead atoms. The number of aryl methyl sites for hydroxylation is 1. The van der Waals surface area contributed by atoms with E-state index in [0.717, 1.165) is 16.9 Å². The Labute approximate surface area is 146 Å². The van der Waals surface area contributed by atoms with E-state index in [9.17, 15) is 9.59 Å². The number of carbonyl (C=O) groups is 2. The summed E-state index contributed by atoms with van der Waals surface area (Å²) in [5.74, 6) is 0.00348. The summed E-state index contributed by atoms with van der Waals surface area (Å²) in [7, 11) is 0. The van der Waals surface area contributed by atoms with Gasteiger partial charge in [-0.05, 0) is 24.1 Å². The lowest BCUT2D eigenvalue weighted by Gasteiger charge is -2.17. The molecule has 2 aromatic carbocycles. The number of nitrogens with one attached hydrogen (secondary N) is 1. The molecule has 0 radical (unpaired) electrons. The highest BCUT2D eigenvalue weighted by molar-refractivity contribution is 5.95. The Morgan fingerprint density at radius 1 is 1.12 bits per heavy atom. The first-order chi connectivity index (χ1) is 12.1. The van der Waals surface area contributed by atoms with Crippen LogP contribution in [0.2, 0.25) is 0 Å². The maximum Gasteiger partial charge on any atom is 0.303 e. The second kappa shape index (κ2) is 7.38. The fourth-order valence-corrected chi connectivity index (χ4v) is 3.14. The van der Waals surface area contributed by atoms with Gasteiger partial charge in [0.2, 0.25) is 0 Å². The van der Waals surface area contributed by atoms with Gasteiger partial charge in [-0.1, -0.05) is 43.3 Å². The van der Waals surface area contributed by atoms with E-state index in [0.29, 0.717) is 18.5 Å². The van der Waals surface area contributed by atoms with Gasteiger partial charge in [-0.3, -0.25) is 9.59 Å². The molecule has 5 nitrogen and oxygen atoms in total. The van der Waals surface area contributed by atoms with Crippen LogP contribution in [0.1, 0.15) is 40.7 Å². The Hall–Kier alpha value is -2.82. The van der Waals surface area contributed by atoms with E-state index in [1.807, 2.05) is 30.3 Å². The fraction of sp³-hybridized carbons (Fsp3) is 0.300. The first-order valence-corrected chi connectivity index (χ1v) is 8.39. The van der Waals surface area contributed by atoms with Crippen LogP contribution in [0.15, 0.2) is 48.5 Å². The van der Waals surface area contributed by atoms with Crippen molar-refractivity contribution in [3.05, 3.63) is 65.2 Å². The van der Waals surface area contributed by atoms with Crippen molar-refractivity contribution in [2.45, 2.75) is 31.8 Å². The average molecular weight is 339 g/mol. The zero-order chi connectivity index (χ0) is 17.8. The number of rotatable bonds is 6. The highest BCUT2D eigenvalue weighted by Gasteiger charge is 2.30. The molecule has 1 amide bonds. The predicted octanol–water partition coefficient (Wildman–Crippen LogP) is 3.00. The van der Waals surface area contributed by atoms with Gasteiger partial charge in [0.1, 0.15) is 11.9 Å². The maximum atomic E-state index is 12.5. The summed E-state index contributed by atoms with van der Waals surface area (Å²) in [6, 6.07) is 15.0. The van der Waals surface area contributed by atoms with Crippen molar-refractivity contribution in [2.24, 2.45) is 0 Å². The van der Waals surface area contributed by atoms with Crippen LogP contribution in [0.25, 0.3) is 0 Å². The Kier molecular flexibility index (Phi) is 5.03. The lowest BCUT2D eigenvalue weighted by Crippen LogP contribution is -2.36. The number of ether oxygens (including phenoxy) is 1. The van der Waals surface area contributed by atoms with Crippen LogP contribution in [-0.2, 0) is 11.2 Å². The maximum absolute atomic E-state index is 12.5. The van der Waals surface area contributed by atoms with Crippen LogP contribution >= 0.6 is 0 Å². The number of fused-ring (bicyclic) bond motifs is 1. The van der Waals surface area contributed by atoms with Gasteiger partial charge in [-0.25, -0.2) is 0 Å². The molecule has 0 spiro atoms. The smallest absolute Gasteiger partial charge is 0.303 e. The Balaban J connectivity index is 1.63. The molecular weight excluding hydrogens is 318 g/mol. The number of carbonyl (C=O) groups excluding carboxylic acids is 1. The van der Waals surface area contributed by atoms with Crippen LogP contribution in [0.5, 0.6) is 5.75 Å². The van der Waals surface area contributed by atoms with Gasteiger partial charge in [-0.2, -0.15) is 0 Å². The Morgan fingerprint density at radius 2 is 1.84 bits per heavy atom. The van der Waals surface area contributed by atoms with Gasteiger partial charge in [0, 0.05) is 23.5 Å². The largest absolute Gasteiger partial charge is 0.488 e. The van der Waals surface area contributed by atoms with Crippen LogP contribution in [0.3, 0.4) is 0 Å². The molecule has 2 N–H and O–H groups in total. The third kappa shape index (κ3) is 3.82. The van der Waals surface area contributed by atoms with Gasteiger partial charge in [0.15, 0.2) is 0 Å². The van der Waals surface area contributed by atoms with Crippen molar-refractivity contribution in [1.29, 1.82) is 0 Å². The van der Waals surface area contributed by atoms with Crippen LogP contribution < -0.4 is 10.1 Å². The minimum Gasteiger partial charge on any atom is -0.488 e. The summed E-state index contributed by atoms with van der Waals surface area (Å²) in [6.07, 6.45) is 0.232. The molecule has 25 heavy (non-hydrogen) atoms. The third-order valence-corrected chi connectivity index (χ3v) is 4.58. The number of hydrogen-bond donors (Lipinski definition) is 2. The fourth-order valence-electron chi connectivity index (χ4n) is 3.14. The molecule has 2 atom stereocenters. The van der Waals surface area contributed by atoms with Gasteiger partial charge < -0.3 is 15.2 Å². The molecule has 1 aliphatic rings. The normalized spacial score (nSPS) is 18.3. The molecule has 0 saturated heterocycles. The lowest BCUT2D eigenvalue weighted by molar-refractivity contribution is -0.136. The minimum absolute atomic E-state index is 0.00235. The highest BCUT2D eigenvalue weighted by atomic mass is 16.5.